The molecule has 0 aromatic carbocycles. The van der Waals surface area contributed by atoms with Gasteiger partial charge in [0.1, 0.15) is 0 Å². The van der Waals surface area contributed by atoms with E-state index in [1.807, 2.05) is 11.8 Å². The molecule has 2 saturated heterocycles. The molecule has 1 N–H and O–H groups in total. The first-order chi connectivity index (χ1) is 7.53. The second-order valence-corrected chi connectivity index (χ2v) is 5.01. The van der Waals surface area contributed by atoms with E-state index in [4.69, 9.17) is 5.11 Å². The van der Waals surface area contributed by atoms with Crippen LogP contribution >= 0.6 is 0 Å². The van der Waals surface area contributed by atoms with Crippen molar-refractivity contribution in [3.63, 3.8) is 0 Å². The Kier molecular flexibility index (Phi) is 2.78. The predicted molar refractivity (Wildman–Crippen MR) is 58.1 cm³/mol. The third-order valence-corrected chi connectivity index (χ3v) is 3.65. The maximum absolute atomic E-state index is 12.2. The molecule has 0 spiro atoms. The van der Waals surface area contributed by atoms with E-state index >= 15 is 0 Å². The Balaban J connectivity index is 2.03. The van der Waals surface area contributed by atoms with Gasteiger partial charge in [-0.2, -0.15) is 0 Å². The molecule has 2 aliphatic rings. The number of rotatable bonds is 1. The van der Waals surface area contributed by atoms with Crippen molar-refractivity contribution < 1.29 is 14.7 Å². The maximum Gasteiger partial charge on any atom is 0.407 e. The Labute approximate surface area is 95.0 Å². The van der Waals surface area contributed by atoms with Gasteiger partial charge in [0, 0.05) is 26.2 Å². The molecular weight excluding hydrogens is 208 g/mol. The molecule has 0 saturated carbocycles. The molecule has 1 unspecified atom stereocenters. The second-order valence-electron chi connectivity index (χ2n) is 5.01. The van der Waals surface area contributed by atoms with E-state index in [1.54, 1.807) is 0 Å². The van der Waals surface area contributed by atoms with Gasteiger partial charge in [0.2, 0.25) is 5.91 Å². The van der Waals surface area contributed by atoms with Crippen molar-refractivity contribution >= 4 is 12.0 Å². The minimum atomic E-state index is -0.919. The molecule has 5 nitrogen and oxygen atoms in total. The maximum atomic E-state index is 12.2. The Bertz CT molecular complexity index is 312. The number of carbonyl (C=O) groups excluding carboxylic acids is 1. The summed E-state index contributed by atoms with van der Waals surface area (Å²) in [7, 11) is 0. The van der Waals surface area contributed by atoms with Gasteiger partial charge in [-0.1, -0.05) is 0 Å². The van der Waals surface area contributed by atoms with Gasteiger partial charge in [0.25, 0.3) is 0 Å². The topological polar surface area (TPSA) is 60.9 Å². The zero-order chi connectivity index (χ0) is 11.8. The standard InChI is InChI=1S/C11H18N2O3/c1-11(4-7-13(8-11)10(15)16)9(14)12-5-2-3-6-12/h2-8H2,1H3,(H,15,16). The molecule has 16 heavy (non-hydrogen) atoms. The number of hydrogen-bond acceptors (Lipinski definition) is 2. The molecule has 1 atom stereocenters. The van der Waals surface area contributed by atoms with Crippen LogP contribution in [0.1, 0.15) is 26.2 Å². The highest BCUT2D eigenvalue weighted by Gasteiger charge is 2.44. The van der Waals surface area contributed by atoms with Gasteiger partial charge >= 0.3 is 6.09 Å². The Morgan fingerprint density at radius 1 is 1.12 bits per heavy atom. The van der Waals surface area contributed by atoms with Gasteiger partial charge in [-0.05, 0) is 26.2 Å². The quantitative estimate of drug-likeness (QED) is 0.725. The summed E-state index contributed by atoms with van der Waals surface area (Å²) in [5.41, 5.74) is -0.497. The summed E-state index contributed by atoms with van der Waals surface area (Å²) in [6.45, 7) is 4.38. The van der Waals surface area contributed by atoms with Crippen LogP contribution in [0.5, 0.6) is 0 Å². The molecule has 2 heterocycles. The number of carboxylic acid groups (broad SMARTS) is 1. The lowest BCUT2D eigenvalue weighted by molar-refractivity contribution is -0.139. The Morgan fingerprint density at radius 2 is 1.75 bits per heavy atom. The van der Waals surface area contributed by atoms with Gasteiger partial charge in [0.15, 0.2) is 0 Å². The third-order valence-electron chi connectivity index (χ3n) is 3.65. The first-order valence-corrected chi connectivity index (χ1v) is 5.80. The van der Waals surface area contributed by atoms with E-state index in [9.17, 15) is 9.59 Å². The van der Waals surface area contributed by atoms with Crippen LogP contribution in [-0.4, -0.2) is 53.1 Å². The van der Waals surface area contributed by atoms with Crippen molar-refractivity contribution in [2.45, 2.75) is 26.2 Å². The number of carbonyl (C=O) groups is 2. The molecule has 0 aromatic rings. The van der Waals surface area contributed by atoms with E-state index in [0.29, 0.717) is 19.5 Å². The number of hydrogen-bond donors (Lipinski definition) is 1. The highest BCUT2D eigenvalue weighted by molar-refractivity contribution is 5.84. The average Bonchev–Trinajstić information content (AvgIpc) is 2.85. The lowest BCUT2D eigenvalue weighted by Crippen LogP contribution is -2.43. The van der Waals surface area contributed by atoms with Crippen molar-refractivity contribution in [3.05, 3.63) is 0 Å². The van der Waals surface area contributed by atoms with Crippen molar-refractivity contribution in [1.82, 2.24) is 9.80 Å². The first-order valence-electron chi connectivity index (χ1n) is 5.80. The second kappa shape index (κ2) is 3.96. The normalized spacial score (nSPS) is 29.8. The molecule has 0 bridgehead atoms. The SMILES string of the molecule is CC1(C(=O)N2CCCC2)CCN(C(=O)O)C1. The van der Waals surface area contributed by atoms with E-state index in [1.165, 1.54) is 4.90 Å². The Morgan fingerprint density at radius 3 is 2.25 bits per heavy atom. The summed E-state index contributed by atoms with van der Waals surface area (Å²) < 4.78 is 0. The predicted octanol–water partition coefficient (Wildman–Crippen LogP) is 0.999. The van der Waals surface area contributed by atoms with E-state index in [0.717, 1.165) is 25.9 Å². The summed E-state index contributed by atoms with van der Waals surface area (Å²) in [4.78, 5) is 26.3. The molecule has 2 rings (SSSR count). The highest BCUT2D eigenvalue weighted by atomic mass is 16.4. The van der Waals surface area contributed by atoms with Gasteiger partial charge < -0.3 is 14.9 Å². The van der Waals surface area contributed by atoms with Gasteiger partial charge in [-0.15, -0.1) is 0 Å². The fraction of sp³-hybridized carbons (Fsp3) is 0.818. The number of nitrogens with zero attached hydrogens (tertiary/aromatic N) is 2. The van der Waals surface area contributed by atoms with Crippen LogP contribution in [0, 0.1) is 5.41 Å². The van der Waals surface area contributed by atoms with E-state index < -0.39 is 11.5 Å². The van der Waals surface area contributed by atoms with Crippen LogP contribution in [0.25, 0.3) is 0 Å². The average molecular weight is 226 g/mol. The summed E-state index contributed by atoms with van der Waals surface area (Å²) >= 11 is 0. The lowest BCUT2D eigenvalue weighted by atomic mass is 9.88. The molecule has 0 aliphatic carbocycles. The Hall–Kier alpha value is -1.26. The molecular formula is C11H18N2O3. The highest BCUT2D eigenvalue weighted by Crippen LogP contribution is 2.33. The molecule has 90 valence electrons. The van der Waals surface area contributed by atoms with Crippen LogP contribution in [0.3, 0.4) is 0 Å². The molecule has 2 amide bonds. The van der Waals surface area contributed by atoms with E-state index in [-0.39, 0.29) is 5.91 Å². The fourth-order valence-corrected chi connectivity index (χ4v) is 2.60. The fourth-order valence-electron chi connectivity index (χ4n) is 2.60. The van der Waals surface area contributed by atoms with Gasteiger partial charge in [-0.3, -0.25) is 4.79 Å². The minimum absolute atomic E-state index is 0.133. The summed E-state index contributed by atoms with van der Waals surface area (Å²) in [5, 5.41) is 8.89. The zero-order valence-electron chi connectivity index (χ0n) is 9.61. The van der Waals surface area contributed by atoms with Crippen LogP contribution in [0.15, 0.2) is 0 Å². The summed E-state index contributed by atoms with van der Waals surface area (Å²) in [6.07, 6.45) is 1.88. The van der Waals surface area contributed by atoms with Crippen molar-refractivity contribution in [1.29, 1.82) is 0 Å². The van der Waals surface area contributed by atoms with Gasteiger partial charge in [-0.25, -0.2) is 4.79 Å². The van der Waals surface area contributed by atoms with Crippen LogP contribution in [0.4, 0.5) is 4.79 Å². The van der Waals surface area contributed by atoms with Crippen LogP contribution in [0.2, 0.25) is 0 Å². The molecule has 2 aliphatic heterocycles. The number of likely N-dealkylation sites (tertiary alicyclic amines) is 2. The number of amides is 2. The van der Waals surface area contributed by atoms with Gasteiger partial charge in [0.05, 0.1) is 5.41 Å². The monoisotopic (exact) mass is 226 g/mol. The van der Waals surface area contributed by atoms with Crippen molar-refractivity contribution in [2.24, 2.45) is 5.41 Å². The minimum Gasteiger partial charge on any atom is -0.465 e. The smallest absolute Gasteiger partial charge is 0.407 e. The molecule has 2 fully saturated rings. The molecule has 5 heteroatoms. The van der Waals surface area contributed by atoms with E-state index in [2.05, 4.69) is 0 Å². The largest absolute Gasteiger partial charge is 0.465 e. The first kappa shape index (κ1) is 11.2. The molecule has 0 aromatic heterocycles. The third kappa shape index (κ3) is 1.86. The summed E-state index contributed by atoms with van der Waals surface area (Å²) in [6, 6.07) is 0. The lowest BCUT2D eigenvalue weighted by Gasteiger charge is -2.28. The molecule has 0 radical (unpaired) electrons. The van der Waals surface area contributed by atoms with Crippen molar-refractivity contribution in [2.75, 3.05) is 26.2 Å². The van der Waals surface area contributed by atoms with Crippen molar-refractivity contribution in [3.8, 4) is 0 Å². The van der Waals surface area contributed by atoms with Crippen LogP contribution < -0.4 is 0 Å². The zero-order valence-corrected chi connectivity index (χ0v) is 9.61. The van der Waals surface area contributed by atoms with Crippen LogP contribution in [-0.2, 0) is 4.79 Å². The summed E-state index contributed by atoms with van der Waals surface area (Å²) in [5.74, 6) is 0.133.